The molecule has 0 saturated heterocycles. The van der Waals surface area contributed by atoms with Gasteiger partial charge in [-0.1, -0.05) is 13.3 Å². The summed E-state index contributed by atoms with van der Waals surface area (Å²) in [4.78, 5) is 25.2. The molecule has 4 aromatic rings. The number of thiophene rings is 1. The third kappa shape index (κ3) is 5.00. The van der Waals surface area contributed by atoms with Gasteiger partial charge in [-0.15, -0.1) is 34.7 Å². The average Bonchev–Trinajstić information content (AvgIpc) is 3.40. The first kappa shape index (κ1) is 22.8. The lowest BCUT2D eigenvalue weighted by Crippen LogP contribution is -2.23. The van der Waals surface area contributed by atoms with Gasteiger partial charge in [-0.3, -0.25) is 18.6 Å². The number of aromatic nitrogens is 4. The number of ether oxygens (including phenoxy) is 1. The zero-order chi connectivity index (χ0) is 23.6. The van der Waals surface area contributed by atoms with Gasteiger partial charge in [-0.2, -0.15) is 0 Å². The minimum absolute atomic E-state index is 0.0707. The second-order valence-corrected chi connectivity index (χ2v) is 8.23. The number of nitrogens with zero attached hydrogens (tertiary/aromatic N) is 4. The van der Waals surface area contributed by atoms with Crippen molar-refractivity contribution >= 4 is 38.9 Å². The minimum atomic E-state index is -4.78. The van der Waals surface area contributed by atoms with Gasteiger partial charge in [0, 0.05) is 25.1 Å². The van der Waals surface area contributed by atoms with Crippen molar-refractivity contribution in [1.82, 2.24) is 19.2 Å². The van der Waals surface area contributed by atoms with Gasteiger partial charge in [-0.25, -0.2) is 0 Å². The van der Waals surface area contributed by atoms with Crippen molar-refractivity contribution in [2.45, 2.75) is 45.5 Å². The lowest BCUT2D eigenvalue weighted by Gasteiger charge is -2.10. The number of unbranched alkanes of at least 4 members (excludes halogenated alkanes) is 1. The van der Waals surface area contributed by atoms with Gasteiger partial charge in [0.15, 0.2) is 0 Å². The van der Waals surface area contributed by atoms with Crippen molar-refractivity contribution < 1.29 is 22.7 Å². The molecule has 0 bridgehead atoms. The van der Waals surface area contributed by atoms with Crippen LogP contribution < -0.4 is 15.6 Å². The molecule has 0 saturated carbocycles. The number of benzene rings is 1. The first-order chi connectivity index (χ1) is 15.8. The van der Waals surface area contributed by atoms with Crippen LogP contribution in [0.1, 0.15) is 32.0 Å². The molecule has 0 aliphatic heterocycles. The van der Waals surface area contributed by atoms with Gasteiger partial charge in [0.25, 0.3) is 5.56 Å². The van der Waals surface area contributed by atoms with E-state index >= 15 is 0 Å². The summed E-state index contributed by atoms with van der Waals surface area (Å²) in [5.74, 6) is 0.277. The van der Waals surface area contributed by atoms with Crippen molar-refractivity contribution in [1.29, 1.82) is 0 Å². The molecule has 8 nitrogen and oxygen atoms in total. The number of carbonyl (C=O) groups excluding carboxylic acids is 1. The first-order valence-electron chi connectivity index (χ1n) is 10.3. The molecule has 0 unspecified atom stereocenters. The summed E-state index contributed by atoms with van der Waals surface area (Å²) < 4.78 is 44.6. The summed E-state index contributed by atoms with van der Waals surface area (Å²) in [6, 6.07) is 6.73. The highest BCUT2D eigenvalue weighted by Crippen LogP contribution is 2.24. The number of amides is 1. The largest absolute Gasteiger partial charge is 0.573 e. The molecule has 12 heteroatoms. The van der Waals surface area contributed by atoms with E-state index in [0.717, 1.165) is 25.0 Å². The number of carbonyl (C=O) groups is 1. The number of hydrogen-bond donors (Lipinski definition) is 1. The number of fused-ring (bicyclic) bond motifs is 3. The molecule has 1 amide bonds. The second kappa shape index (κ2) is 9.22. The lowest BCUT2D eigenvalue weighted by atomic mass is 10.2. The van der Waals surface area contributed by atoms with Gasteiger partial charge in [0.2, 0.25) is 11.7 Å². The van der Waals surface area contributed by atoms with Crippen molar-refractivity contribution in [3.63, 3.8) is 0 Å². The van der Waals surface area contributed by atoms with Crippen molar-refractivity contribution in [3.8, 4) is 5.75 Å². The Bertz CT molecular complexity index is 1340. The van der Waals surface area contributed by atoms with E-state index in [1.807, 2.05) is 18.4 Å². The van der Waals surface area contributed by atoms with E-state index in [0.29, 0.717) is 34.1 Å². The molecule has 33 heavy (non-hydrogen) atoms. The predicted octanol–water partition coefficient (Wildman–Crippen LogP) is 4.38. The minimum Gasteiger partial charge on any atom is -0.406 e. The Labute approximate surface area is 189 Å². The molecule has 4 rings (SSSR count). The summed E-state index contributed by atoms with van der Waals surface area (Å²) >= 11 is 1.35. The van der Waals surface area contributed by atoms with Gasteiger partial charge in [-0.05, 0) is 42.1 Å². The molecule has 0 fully saturated rings. The van der Waals surface area contributed by atoms with Gasteiger partial charge in [0.05, 0.1) is 5.52 Å². The van der Waals surface area contributed by atoms with Crippen LogP contribution in [0.4, 0.5) is 18.9 Å². The fourth-order valence-electron chi connectivity index (χ4n) is 3.45. The number of nitrogens with one attached hydrogen (secondary N) is 1. The molecule has 174 valence electrons. The van der Waals surface area contributed by atoms with E-state index in [-0.39, 0.29) is 30.1 Å². The Morgan fingerprint density at radius 1 is 1.18 bits per heavy atom. The standard InChI is InChI=1S/C21H20F3N5O3S/c1-2-3-11-28-19(31)18-15(10-12-33-18)29-16(26-27-20(28)29)8-9-17(30)25-13-4-6-14(7-5-13)32-21(22,23)24/h4-7,10,12H,2-3,8-9,11H2,1H3,(H,25,30). The molecule has 1 N–H and O–H groups in total. The highest BCUT2D eigenvalue weighted by atomic mass is 32.1. The summed E-state index contributed by atoms with van der Waals surface area (Å²) in [6.45, 7) is 2.57. The number of halogens is 3. The third-order valence-electron chi connectivity index (χ3n) is 4.96. The topological polar surface area (TPSA) is 90.5 Å². The van der Waals surface area contributed by atoms with E-state index in [1.165, 1.54) is 23.5 Å². The monoisotopic (exact) mass is 479 g/mol. The average molecular weight is 479 g/mol. The molecule has 1 aromatic carbocycles. The van der Waals surface area contributed by atoms with Crippen LogP contribution in [0.2, 0.25) is 0 Å². The van der Waals surface area contributed by atoms with Gasteiger partial charge < -0.3 is 10.1 Å². The quantitative estimate of drug-likeness (QED) is 0.405. The Kier molecular flexibility index (Phi) is 6.36. The summed E-state index contributed by atoms with van der Waals surface area (Å²) in [5, 5.41) is 12.9. The van der Waals surface area contributed by atoms with E-state index in [9.17, 15) is 22.8 Å². The second-order valence-electron chi connectivity index (χ2n) is 7.32. The Morgan fingerprint density at radius 3 is 2.64 bits per heavy atom. The van der Waals surface area contributed by atoms with Crippen molar-refractivity contribution in [3.05, 3.63) is 51.9 Å². The van der Waals surface area contributed by atoms with E-state index in [1.54, 1.807) is 8.97 Å². The van der Waals surface area contributed by atoms with Crippen LogP contribution in [0.5, 0.6) is 5.75 Å². The SMILES string of the molecule is CCCCn1c(=O)c2sccc2n2c(CCC(=O)Nc3ccc(OC(F)(F)F)cc3)nnc12. The van der Waals surface area contributed by atoms with Crippen LogP contribution in [0.25, 0.3) is 16.0 Å². The van der Waals surface area contributed by atoms with Crippen LogP contribution in [0, 0.1) is 0 Å². The van der Waals surface area contributed by atoms with E-state index in [4.69, 9.17) is 0 Å². The van der Waals surface area contributed by atoms with Gasteiger partial charge in [0.1, 0.15) is 16.3 Å². The normalized spacial score (nSPS) is 11.9. The predicted molar refractivity (Wildman–Crippen MR) is 118 cm³/mol. The number of rotatable bonds is 8. The van der Waals surface area contributed by atoms with Crippen molar-refractivity contribution in [2.24, 2.45) is 0 Å². The first-order valence-corrected chi connectivity index (χ1v) is 11.1. The maximum Gasteiger partial charge on any atom is 0.573 e. The summed E-state index contributed by atoms with van der Waals surface area (Å²) in [6.07, 6.45) is -2.70. The number of alkyl halides is 3. The Hall–Kier alpha value is -3.41. The van der Waals surface area contributed by atoms with E-state index < -0.39 is 6.36 Å². The summed E-state index contributed by atoms with van der Waals surface area (Å²) in [5.41, 5.74) is 0.943. The lowest BCUT2D eigenvalue weighted by molar-refractivity contribution is -0.274. The van der Waals surface area contributed by atoms with Crippen LogP contribution in [-0.2, 0) is 17.8 Å². The summed E-state index contributed by atoms with van der Waals surface area (Å²) in [7, 11) is 0. The number of hydrogen-bond acceptors (Lipinski definition) is 6. The molecular weight excluding hydrogens is 459 g/mol. The zero-order valence-electron chi connectivity index (χ0n) is 17.6. The smallest absolute Gasteiger partial charge is 0.406 e. The number of aryl methyl sites for hydroxylation is 2. The van der Waals surface area contributed by atoms with Crippen LogP contribution >= 0.6 is 11.3 Å². The van der Waals surface area contributed by atoms with Crippen molar-refractivity contribution in [2.75, 3.05) is 5.32 Å². The molecule has 0 aliphatic carbocycles. The number of anilines is 1. The maximum atomic E-state index is 12.8. The third-order valence-corrected chi connectivity index (χ3v) is 5.85. The fourth-order valence-corrected chi connectivity index (χ4v) is 4.27. The molecular formula is C21H20F3N5O3S. The fraction of sp³-hybridized carbons (Fsp3) is 0.333. The highest BCUT2D eigenvalue weighted by molar-refractivity contribution is 7.17. The molecule has 0 aliphatic rings. The molecule has 0 atom stereocenters. The molecule has 0 spiro atoms. The molecule has 0 radical (unpaired) electrons. The Balaban J connectivity index is 1.50. The van der Waals surface area contributed by atoms with Crippen LogP contribution in [0.15, 0.2) is 40.5 Å². The maximum absolute atomic E-state index is 12.8. The van der Waals surface area contributed by atoms with E-state index in [2.05, 4.69) is 20.3 Å². The van der Waals surface area contributed by atoms with Crippen LogP contribution in [-0.4, -0.2) is 31.4 Å². The van der Waals surface area contributed by atoms with Crippen LogP contribution in [0.3, 0.4) is 0 Å². The molecule has 3 heterocycles. The highest BCUT2D eigenvalue weighted by Gasteiger charge is 2.31. The molecule has 3 aromatic heterocycles. The Morgan fingerprint density at radius 2 is 1.94 bits per heavy atom. The zero-order valence-corrected chi connectivity index (χ0v) is 18.4. The van der Waals surface area contributed by atoms with Gasteiger partial charge >= 0.3 is 6.36 Å².